The summed E-state index contributed by atoms with van der Waals surface area (Å²) < 4.78 is 4.83. The van der Waals surface area contributed by atoms with Crippen molar-refractivity contribution in [3.63, 3.8) is 0 Å². The lowest BCUT2D eigenvalue weighted by atomic mass is 10.1. The number of hydrogen-bond acceptors (Lipinski definition) is 2. The van der Waals surface area contributed by atoms with E-state index in [1.54, 1.807) is 0 Å². The van der Waals surface area contributed by atoms with Gasteiger partial charge in [-0.15, -0.1) is 0 Å². The Bertz CT molecular complexity index is 502. The summed E-state index contributed by atoms with van der Waals surface area (Å²) in [4.78, 5) is 11.7. The highest BCUT2D eigenvalue weighted by molar-refractivity contribution is 6.00. The molecule has 0 unspecified atom stereocenters. The van der Waals surface area contributed by atoms with Crippen LogP contribution in [-0.4, -0.2) is 13.1 Å². The molecule has 2 rings (SSSR count). The third kappa shape index (κ3) is 2.16. The topological polar surface area (TPSA) is 26.3 Å². The van der Waals surface area contributed by atoms with Crippen LogP contribution in [0.15, 0.2) is 36.4 Å². The molecule has 0 amide bonds. The Labute approximate surface area is 102 Å². The summed E-state index contributed by atoms with van der Waals surface area (Å²) in [5, 5.41) is 0. The number of rotatable bonds is 3. The zero-order valence-electron chi connectivity index (χ0n) is 10.2. The van der Waals surface area contributed by atoms with E-state index in [-0.39, 0.29) is 5.97 Å². The summed E-state index contributed by atoms with van der Waals surface area (Å²) in [7, 11) is 1.42. The molecule has 0 N–H and O–H groups in total. The van der Waals surface area contributed by atoms with Gasteiger partial charge >= 0.3 is 5.97 Å². The van der Waals surface area contributed by atoms with E-state index in [9.17, 15) is 4.79 Å². The van der Waals surface area contributed by atoms with Crippen molar-refractivity contribution >= 4 is 5.97 Å². The smallest absolute Gasteiger partial charge is 0.338 e. The molecule has 0 radical (unpaired) electrons. The van der Waals surface area contributed by atoms with Crippen molar-refractivity contribution in [1.82, 2.24) is 0 Å². The Hall–Kier alpha value is -1.83. The predicted molar refractivity (Wildman–Crippen MR) is 68.4 cm³/mol. The number of methoxy groups -OCH3 is 1. The number of hydrogen-bond donors (Lipinski definition) is 0. The molecule has 2 aliphatic rings. The molecule has 0 atom stereocenters. The lowest BCUT2D eigenvalue weighted by Crippen LogP contribution is -1.99. The summed E-state index contributed by atoms with van der Waals surface area (Å²) in [6, 6.07) is 11.9. The number of carbonyl (C=O) groups is 1. The van der Waals surface area contributed by atoms with Crippen molar-refractivity contribution in [2.75, 3.05) is 7.11 Å². The molecule has 0 saturated heterocycles. The molecule has 0 aromatic heterocycles. The highest BCUT2D eigenvalue weighted by Crippen LogP contribution is 2.32. The van der Waals surface area contributed by atoms with Gasteiger partial charge in [0.25, 0.3) is 0 Å². The molecule has 17 heavy (non-hydrogen) atoms. The van der Waals surface area contributed by atoms with Crippen LogP contribution in [-0.2, 0) is 11.2 Å². The number of carbonyl (C=O) groups excluding carboxylic acids is 1. The Morgan fingerprint density at radius 2 is 1.88 bits per heavy atom. The number of ether oxygens (including phenoxy) is 1. The molecule has 0 aromatic carbocycles. The van der Waals surface area contributed by atoms with Gasteiger partial charge in [0.05, 0.1) is 12.7 Å². The molecule has 0 aromatic rings. The van der Waals surface area contributed by atoms with Crippen LogP contribution in [0.1, 0.15) is 29.3 Å². The first-order chi connectivity index (χ1) is 8.27. The average Bonchev–Trinajstić information content (AvgIpc) is 2.54. The number of esters is 1. The molecule has 0 spiro atoms. The lowest BCUT2D eigenvalue weighted by molar-refractivity contribution is 0.0602. The van der Waals surface area contributed by atoms with E-state index in [4.69, 9.17) is 4.74 Å². The van der Waals surface area contributed by atoms with Crippen LogP contribution in [0, 0.1) is 0 Å². The van der Waals surface area contributed by atoms with Crippen molar-refractivity contribution in [2.45, 2.75) is 19.8 Å². The van der Waals surface area contributed by atoms with Crippen molar-refractivity contribution in [2.24, 2.45) is 0 Å². The molecule has 2 nitrogen and oxygen atoms in total. The van der Waals surface area contributed by atoms with Gasteiger partial charge in [-0.1, -0.05) is 43.7 Å². The van der Waals surface area contributed by atoms with E-state index >= 15 is 0 Å². The fourth-order valence-corrected chi connectivity index (χ4v) is 2.15. The first-order valence-electron chi connectivity index (χ1n) is 5.87. The Kier molecular flexibility index (Phi) is 3.43. The van der Waals surface area contributed by atoms with Crippen LogP contribution < -0.4 is 0 Å². The van der Waals surface area contributed by atoms with Crippen LogP contribution in [0.2, 0.25) is 0 Å². The molecule has 2 aliphatic carbocycles. The van der Waals surface area contributed by atoms with Gasteiger partial charge in [-0.25, -0.2) is 4.79 Å². The van der Waals surface area contributed by atoms with Gasteiger partial charge in [0.2, 0.25) is 0 Å². The maximum atomic E-state index is 11.7. The minimum absolute atomic E-state index is 0.261. The zero-order valence-corrected chi connectivity index (χ0v) is 10.2. The second kappa shape index (κ2) is 5.00. The number of aryl methyl sites for hydroxylation is 1. The second-order valence-corrected chi connectivity index (χ2v) is 4.06. The van der Waals surface area contributed by atoms with Crippen molar-refractivity contribution in [1.29, 1.82) is 0 Å². The zero-order chi connectivity index (χ0) is 12.3. The third-order valence-corrected chi connectivity index (χ3v) is 2.92. The minimum atomic E-state index is -0.261. The Balaban J connectivity index is 2.59. The van der Waals surface area contributed by atoms with E-state index in [1.165, 1.54) is 12.7 Å². The predicted octanol–water partition coefficient (Wildman–Crippen LogP) is 3.53. The van der Waals surface area contributed by atoms with Crippen LogP contribution in [0.5, 0.6) is 0 Å². The van der Waals surface area contributed by atoms with Gasteiger partial charge in [0.15, 0.2) is 0 Å². The van der Waals surface area contributed by atoms with Crippen LogP contribution in [0.4, 0.5) is 0 Å². The first kappa shape index (κ1) is 11.6. The molecule has 0 fully saturated rings. The number of fused-ring (bicyclic) bond motifs is 1. The quantitative estimate of drug-likeness (QED) is 0.751. The SMILES string of the molecule is CCCc1cc(C(=O)OC)c2cccccc1-2. The fraction of sp³-hybridized carbons (Fsp3) is 0.267. The third-order valence-electron chi connectivity index (χ3n) is 2.92. The molecule has 2 heteroatoms. The lowest BCUT2D eigenvalue weighted by Gasteiger charge is -2.00. The highest BCUT2D eigenvalue weighted by atomic mass is 16.5. The molecule has 88 valence electrons. The standard InChI is InChI=1S/C15H16O2/c1-3-7-11-10-14(15(16)17-2)13-9-6-4-5-8-12(11)13/h4-6,8-10H,3,7H2,1-2H3. The van der Waals surface area contributed by atoms with Gasteiger partial charge in [-0.05, 0) is 29.2 Å². The van der Waals surface area contributed by atoms with Crippen molar-refractivity contribution < 1.29 is 9.53 Å². The van der Waals surface area contributed by atoms with Crippen molar-refractivity contribution in [3.05, 3.63) is 47.5 Å². The molecule has 0 heterocycles. The van der Waals surface area contributed by atoms with E-state index < -0.39 is 0 Å². The monoisotopic (exact) mass is 228 g/mol. The normalized spacial score (nSPS) is 10.5. The molecular weight excluding hydrogens is 212 g/mol. The average molecular weight is 228 g/mol. The summed E-state index contributed by atoms with van der Waals surface area (Å²) in [5.74, 6) is -0.261. The Morgan fingerprint density at radius 3 is 2.53 bits per heavy atom. The van der Waals surface area contributed by atoms with Crippen molar-refractivity contribution in [3.8, 4) is 11.1 Å². The van der Waals surface area contributed by atoms with Crippen LogP contribution in [0.25, 0.3) is 11.1 Å². The summed E-state index contributed by atoms with van der Waals surface area (Å²) >= 11 is 0. The summed E-state index contributed by atoms with van der Waals surface area (Å²) in [6.07, 6.45) is 2.05. The van der Waals surface area contributed by atoms with E-state index in [2.05, 4.69) is 13.0 Å². The van der Waals surface area contributed by atoms with Gasteiger partial charge in [0, 0.05) is 0 Å². The molecule has 0 saturated carbocycles. The maximum Gasteiger partial charge on any atom is 0.338 e. The fourth-order valence-electron chi connectivity index (χ4n) is 2.15. The highest BCUT2D eigenvalue weighted by Gasteiger charge is 2.19. The minimum Gasteiger partial charge on any atom is -0.465 e. The van der Waals surface area contributed by atoms with Gasteiger partial charge < -0.3 is 4.74 Å². The van der Waals surface area contributed by atoms with E-state index in [0.717, 1.165) is 24.0 Å². The maximum absolute atomic E-state index is 11.7. The summed E-state index contributed by atoms with van der Waals surface area (Å²) in [6.45, 7) is 2.14. The van der Waals surface area contributed by atoms with E-state index in [1.807, 2.05) is 30.3 Å². The van der Waals surface area contributed by atoms with Crippen LogP contribution in [0.3, 0.4) is 0 Å². The second-order valence-electron chi connectivity index (χ2n) is 4.06. The molecule has 0 aliphatic heterocycles. The molecular formula is C15H16O2. The first-order valence-corrected chi connectivity index (χ1v) is 5.87. The van der Waals surface area contributed by atoms with E-state index in [0.29, 0.717) is 5.56 Å². The van der Waals surface area contributed by atoms with Gasteiger partial charge in [-0.3, -0.25) is 0 Å². The van der Waals surface area contributed by atoms with Gasteiger partial charge in [0.1, 0.15) is 0 Å². The Morgan fingerprint density at radius 1 is 1.18 bits per heavy atom. The summed E-state index contributed by atoms with van der Waals surface area (Å²) in [5.41, 5.74) is 4.02. The van der Waals surface area contributed by atoms with Gasteiger partial charge in [-0.2, -0.15) is 0 Å². The van der Waals surface area contributed by atoms with Crippen LogP contribution >= 0.6 is 0 Å². The largest absolute Gasteiger partial charge is 0.465 e. The molecule has 0 bridgehead atoms.